The van der Waals surface area contributed by atoms with Gasteiger partial charge in [0.15, 0.2) is 0 Å². The Bertz CT molecular complexity index is 605. The van der Waals surface area contributed by atoms with Crippen LogP contribution in [-0.2, 0) is 4.79 Å². The van der Waals surface area contributed by atoms with Gasteiger partial charge in [0, 0.05) is 11.7 Å². The molecule has 0 heterocycles. The Balaban J connectivity index is 2.02. The van der Waals surface area contributed by atoms with Crippen molar-refractivity contribution in [3.05, 3.63) is 65.7 Å². The minimum Gasteiger partial charge on any atom is -0.326 e. The van der Waals surface area contributed by atoms with Gasteiger partial charge in [-0.1, -0.05) is 63.2 Å². The summed E-state index contributed by atoms with van der Waals surface area (Å²) in [6, 6.07) is 17.4. The first-order valence-electron chi connectivity index (χ1n) is 7.70. The predicted octanol–water partition coefficient (Wildman–Crippen LogP) is 4.08. The molecule has 3 heteroatoms. The summed E-state index contributed by atoms with van der Waals surface area (Å²) < 4.78 is 0. The summed E-state index contributed by atoms with van der Waals surface area (Å²) in [6.45, 7) is 6.15. The van der Waals surface area contributed by atoms with Crippen LogP contribution in [0.3, 0.4) is 0 Å². The molecule has 2 aromatic carbocycles. The molecule has 0 saturated heterocycles. The Morgan fingerprint density at radius 3 is 2.05 bits per heavy atom. The molecule has 2 aromatic rings. The maximum absolute atomic E-state index is 12.4. The summed E-state index contributed by atoms with van der Waals surface area (Å²) in [7, 11) is 0. The Hall–Kier alpha value is -2.13. The molecule has 0 fully saturated rings. The summed E-state index contributed by atoms with van der Waals surface area (Å²) in [6.07, 6.45) is 0. The van der Waals surface area contributed by atoms with Crippen LogP contribution in [0.1, 0.15) is 43.9 Å². The van der Waals surface area contributed by atoms with Gasteiger partial charge in [0.1, 0.15) is 0 Å². The van der Waals surface area contributed by atoms with E-state index >= 15 is 0 Å². The second kappa shape index (κ2) is 7.23. The third-order valence-corrected chi connectivity index (χ3v) is 3.98. The minimum atomic E-state index is -0.309. The van der Waals surface area contributed by atoms with Gasteiger partial charge in [-0.3, -0.25) is 4.79 Å². The van der Waals surface area contributed by atoms with Crippen molar-refractivity contribution in [1.82, 2.24) is 0 Å². The zero-order valence-corrected chi connectivity index (χ0v) is 13.4. The Kier molecular flexibility index (Phi) is 5.34. The standard InChI is InChI=1S/C19H24N2O/c1-13(2)15-9-11-17(12-10-15)21-19(22)14(3)18(20)16-7-5-4-6-8-16/h4-14,18H,20H2,1-3H3,(H,21,22). The molecule has 22 heavy (non-hydrogen) atoms. The quantitative estimate of drug-likeness (QED) is 0.873. The number of carbonyl (C=O) groups excluding carboxylic acids is 1. The normalized spacial score (nSPS) is 13.7. The largest absolute Gasteiger partial charge is 0.326 e. The molecular formula is C19H24N2O. The fourth-order valence-electron chi connectivity index (χ4n) is 2.33. The molecular weight excluding hydrogens is 272 g/mol. The van der Waals surface area contributed by atoms with Gasteiger partial charge < -0.3 is 11.1 Å². The fourth-order valence-corrected chi connectivity index (χ4v) is 2.33. The van der Waals surface area contributed by atoms with Crippen LogP contribution in [0.25, 0.3) is 0 Å². The van der Waals surface area contributed by atoms with Gasteiger partial charge in [0.2, 0.25) is 5.91 Å². The molecule has 2 unspecified atom stereocenters. The molecule has 2 rings (SSSR count). The summed E-state index contributed by atoms with van der Waals surface area (Å²) in [5, 5.41) is 2.94. The van der Waals surface area contributed by atoms with E-state index in [0.29, 0.717) is 5.92 Å². The monoisotopic (exact) mass is 296 g/mol. The van der Waals surface area contributed by atoms with Crippen molar-refractivity contribution < 1.29 is 4.79 Å². The predicted molar refractivity (Wildman–Crippen MR) is 91.7 cm³/mol. The van der Waals surface area contributed by atoms with E-state index < -0.39 is 0 Å². The van der Waals surface area contributed by atoms with E-state index in [9.17, 15) is 4.79 Å². The molecule has 0 radical (unpaired) electrons. The van der Waals surface area contributed by atoms with E-state index in [4.69, 9.17) is 5.73 Å². The van der Waals surface area contributed by atoms with Crippen molar-refractivity contribution in [2.45, 2.75) is 32.7 Å². The van der Waals surface area contributed by atoms with E-state index in [0.717, 1.165) is 11.3 Å². The maximum atomic E-state index is 12.4. The van der Waals surface area contributed by atoms with Crippen LogP contribution in [0.15, 0.2) is 54.6 Å². The fraction of sp³-hybridized carbons (Fsp3) is 0.316. The highest BCUT2D eigenvalue weighted by Crippen LogP contribution is 2.22. The van der Waals surface area contributed by atoms with Crippen LogP contribution in [0, 0.1) is 5.92 Å². The minimum absolute atomic E-state index is 0.0614. The highest BCUT2D eigenvalue weighted by atomic mass is 16.1. The molecule has 0 aromatic heterocycles. The molecule has 116 valence electrons. The van der Waals surface area contributed by atoms with Gasteiger partial charge in [0.05, 0.1) is 5.92 Å². The van der Waals surface area contributed by atoms with Gasteiger partial charge >= 0.3 is 0 Å². The first-order valence-corrected chi connectivity index (χ1v) is 7.70. The van der Waals surface area contributed by atoms with E-state index in [1.54, 1.807) is 0 Å². The summed E-state index contributed by atoms with van der Waals surface area (Å²) in [4.78, 5) is 12.4. The number of carbonyl (C=O) groups is 1. The van der Waals surface area contributed by atoms with Crippen molar-refractivity contribution in [3.63, 3.8) is 0 Å². The third-order valence-electron chi connectivity index (χ3n) is 3.98. The smallest absolute Gasteiger partial charge is 0.229 e. The number of rotatable bonds is 5. The average Bonchev–Trinajstić information content (AvgIpc) is 2.54. The van der Waals surface area contributed by atoms with Gasteiger partial charge in [-0.15, -0.1) is 0 Å². The SMILES string of the molecule is CC(C)c1ccc(NC(=O)C(C)C(N)c2ccccc2)cc1. The number of benzene rings is 2. The van der Waals surface area contributed by atoms with Crippen LogP contribution in [0.4, 0.5) is 5.69 Å². The average molecular weight is 296 g/mol. The second-order valence-electron chi connectivity index (χ2n) is 5.99. The summed E-state index contributed by atoms with van der Waals surface area (Å²) in [5.41, 5.74) is 9.23. The lowest BCUT2D eigenvalue weighted by atomic mass is 9.94. The number of anilines is 1. The first-order chi connectivity index (χ1) is 10.5. The highest BCUT2D eigenvalue weighted by Gasteiger charge is 2.22. The molecule has 0 saturated carbocycles. The molecule has 0 bridgehead atoms. The van der Waals surface area contributed by atoms with Crippen LogP contribution in [0.5, 0.6) is 0 Å². The van der Waals surface area contributed by atoms with E-state index in [2.05, 4.69) is 19.2 Å². The molecule has 0 aliphatic rings. The zero-order valence-electron chi connectivity index (χ0n) is 13.4. The van der Waals surface area contributed by atoms with E-state index in [-0.39, 0.29) is 17.9 Å². The summed E-state index contributed by atoms with van der Waals surface area (Å²) in [5.74, 6) is 0.121. The van der Waals surface area contributed by atoms with Gasteiger partial charge in [-0.25, -0.2) is 0 Å². The molecule has 3 N–H and O–H groups in total. The molecule has 0 spiro atoms. The van der Waals surface area contributed by atoms with Crippen LogP contribution in [0.2, 0.25) is 0 Å². The van der Waals surface area contributed by atoms with Crippen molar-refractivity contribution in [2.24, 2.45) is 11.7 Å². The number of hydrogen-bond donors (Lipinski definition) is 2. The second-order valence-corrected chi connectivity index (χ2v) is 5.99. The van der Waals surface area contributed by atoms with Gasteiger partial charge in [0.25, 0.3) is 0 Å². The van der Waals surface area contributed by atoms with Crippen LogP contribution in [-0.4, -0.2) is 5.91 Å². The zero-order chi connectivity index (χ0) is 16.1. The number of hydrogen-bond acceptors (Lipinski definition) is 2. The highest BCUT2D eigenvalue weighted by molar-refractivity contribution is 5.92. The molecule has 3 nitrogen and oxygen atoms in total. The van der Waals surface area contributed by atoms with Crippen molar-refractivity contribution in [2.75, 3.05) is 5.32 Å². The lowest BCUT2D eigenvalue weighted by molar-refractivity contribution is -0.120. The number of nitrogens with one attached hydrogen (secondary N) is 1. The molecule has 0 aliphatic carbocycles. The molecule has 0 aliphatic heterocycles. The third kappa shape index (κ3) is 3.95. The maximum Gasteiger partial charge on any atom is 0.229 e. The van der Waals surface area contributed by atoms with E-state index in [1.807, 2.05) is 61.5 Å². The van der Waals surface area contributed by atoms with E-state index in [1.165, 1.54) is 5.56 Å². The van der Waals surface area contributed by atoms with Crippen LogP contribution >= 0.6 is 0 Å². The van der Waals surface area contributed by atoms with Gasteiger partial charge in [-0.2, -0.15) is 0 Å². The summed E-state index contributed by atoms with van der Waals surface area (Å²) >= 11 is 0. The van der Waals surface area contributed by atoms with Gasteiger partial charge in [-0.05, 0) is 29.2 Å². The Morgan fingerprint density at radius 1 is 0.909 bits per heavy atom. The number of amides is 1. The molecule has 1 amide bonds. The number of nitrogens with two attached hydrogens (primary N) is 1. The van der Waals surface area contributed by atoms with Crippen molar-refractivity contribution >= 4 is 11.6 Å². The van der Waals surface area contributed by atoms with Crippen molar-refractivity contribution in [3.8, 4) is 0 Å². The Morgan fingerprint density at radius 2 is 1.50 bits per heavy atom. The molecule has 2 atom stereocenters. The Labute approximate surface area is 132 Å². The topological polar surface area (TPSA) is 55.1 Å². The lowest BCUT2D eigenvalue weighted by Crippen LogP contribution is -2.30. The lowest BCUT2D eigenvalue weighted by Gasteiger charge is -2.20. The van der Waals surface area contributed by atoms with Crippen molar-refractivity contribution in [1.29, 1.82) is 0 Å². The van der Waals surface area contributed by atoms with Crippen LogP contribution < -0.4 is 11.1 Å². The first kappa shape index (κ1) is 16.2.